The van der Waals surface area contributed by atoms with Crippen LogP contribution in [0.3, 0.4) is 0 Å². The SMILES string of the molecule is CCC(C)N(CC(=O)O)c1cc(C#N)cc(C)n1. The Hall–Kier alpha value is -2.09. The molecule has 18 heavy (non-hydrogen) atoms. The van der Waals surface area contributed by atoms with E-state index in [9.17, 15) is 4.79 Å². The molecular weight excluding hydrogens is 230 g/mol. The van der Waals surface area contributed by atoms with Gasteiger partial charge in [-0.25, -0.2) is 4.98 Å². The lowest BCUT2D eigenvalue weighted by atomic mass is 10.2. The number of rotatable bonds is 5. The smallest absolute Gasteiger partial charge is 0.323 e. The van der Waals surface area contributed by atoms with Crippen molar-refractivity contribution in [3.63, 3.8) is 0 Å². The predicted molar refractivity (Wildman–Crippen MR) is 68.4 cm³/mol. The topological polar surface area (TPSA) is 77.2 Å². The van der Waals surface area contributed by atoms with Gasteiger partial charge in [0.25, 0.3) is 0 Å². The maximum atomic E-state index is 10.9. The molecule has 1 unspecified atom stereocenters. The van der Waals surface area contributed by atoms with Gasteiger partial charge in [-0.05, 0) is 32.4 Å². The Kier molecular flexibility index (Phi) is 4.67. The summed E-state index contributed by atoms with van der Waals surface area (Å²) in [6, 6.07) is 5.42. The van der Waals surface area contributed by atoms with Gasteiger partial charge in [0.05, 0.1) is 11.6 Å². The highest BCUT2D eigenvalue weighted by molar-refractivity contribution is 5.73. The number of aryl methyl sites for hydroxylation is 1. The van der Waals surface area contributed by atoms with E-state index in [1.807, 2.05) is 13.8 Å². The zero-order valence-electron chi connectivity index (χ0n) is 10.8. The quantitative estimate of drug-likeness (QED) is 0.860. The molecule has 0 saturated heterocycles. The molecule has 0 aliphatic rings. The fourth-order valence-electron chi connectivity index (χ4n) is 1.69. The van der Waals surface area contributed by atoms with Crippen LogP contribution in [0.5, 0.6) is 0 Å². The summed E-state index contributed by atoms with van der Waals surface area (Å²) in [6.07, 6.45) is 0.810. The molecule has 5 nitrogen and oxygen atoms in total. The summed E-state index contributed by atoms with van der Waals surface area (Å²) >= 11 is 0. The van der Waals surface area contributed by atoms with Crippen LogP contribution in [0.1, 0.15) is 31.5 Å². The van der Waals surface area contributed by atoms with Gasteiger partial charge in [-0.2, -0.15) is 5.26 Å². The van der Waals surface area contributed by atoms with E-state index in [0.29, 0.717) is 17.1 Å². The highest BCUT2D eigenvalue weighted by atomic mass is 16.4. The summed E-state index contributed by atoms with van der Waals surface area (Å²) in [6.45, 7) is 5.61. The van der Waals surface area contributed by atoms with Crippen molar-refractivity contribution in [2.24, 2.45) is 0 Å². The normalized spacial score (nSPS) is 11.7. The number of carboxylic acids is 1. The first-order valence-electron chi connectivity index (χ1n) is 5.85. The Balaban J connectivity index is 3.16. The van der Waals surface area contributed by atoms with Crippen LogP contribution in [-0.4, -0.2) is 28.6 Å². The van der Waals surface area contributed by atoms with Crippen LogP contribution in [0.2, 0.25) is 0 Å². The van der Waals surface area contributed by atoms with Gasteiger partial charge < -0.3 is 10.0 Å². The summed E-state index contributed by atoms with van der Waals surface area (Å²) in [4.78, 5) is 16.9. The summed E-state index contributed by atoms with van der Waals surface area (Å²) in [5.41, 5.74) is 1.21. The second kappa shape index (κ2) is 6.01. The van der Waals surface area contributed by atoms with Crippen LogP contribution in [0, 0.1) is 18.3 Å². The number of pyridine rings is 1. The number of carboxylic acid groups (broad SMARTS) is 1. The van der Waals surface area contributed by atoms with Crippen molar-refractivity contribution in [3.05, 3.63) is 23.4 Å². The van der Waals surface area contributed by atoms with E-state index in [4.69, 9.17) is 10.4 Å². The predicted octanol–water partition coefficient (Wildman–Crippen LogP) is 1.95. The molecule has 0 saturated carbocycles. The molecule has 5 heteroatoms. The molecule has 1 N–H and O–H groups in total. The van der Waals surface area contributed by atoms with E-state index in [1.165, 1.54) is 0 Å². The van der Waals surface area contributed by atoms with Gasteiger partial charge in [0.15, 0.2) is 0 Å². The standard InChI is InChI=1S/C13H17N3O2/c1-4-10(3)16(8-13(17)18)12-6-11(7-14)5-9(2)15-12/h5-6,10H,4,8H2,1-3H3,(H,17,18). The molecule has 1 rings (SSSR count). The zero-order valence-corrected chi connectivity index (χ0v) is 10.8. The van der Waals surface area contributed by atoms with Gasteiger partial charge in [-0.15, -0.1) is 0 Å². The monoisotopic (exact) mass is 247 g/mol. The van der Waals surface area contributed by atoms with Crippen molar-refractivity contribution in [1.82, 2.24) is 4.98 Å². The van der Waals surface area contributed by atoms with Crippen LogP contribution in [0.15, 0.2) is 12.1 Å². The fraction of sp³-hybridized carbons (Fsp3) is 0.462. The van der Waals surface area contributed by atoms with Crippen LogP contribution in [-0.2, 0) is 4.79 Å². The lowest BCUT2D eigenvalue weighted by Crippen LogP contribution is -2.37. The molecule has 0 bridgehead atoms. The summed E-state index contributed by atoms with van der Waals surface area (Å²) in [7, 11) is 0. The van der Waals surface area contributed by atoms with Gasteiger partial charge in [-0.1, -0.05) is 6.92 Å². The first kappa shape index (κ1) is 14.0. The van der Waals surface area contributed by atoms with Crippen molar-refractivity contribution < 1.29 is 9.90 Å². The van der Waals surface area contributed by atoms with E-state index >= 15 is 0 Å². The molecule has 0 fully saturated rings. The third kappa shape index (κ3) is 3.45. The van der Waals surface area contributed by atoms with Crippen molar-refractivity contribution >= 4 is 11.8 Å². The van der Waals surface area contributed by atoms with Gasteiger partial charge in [0.2, 0.25) is 0 Å². The summed E-state index contributed by atoms with van der Waals surface area (Å²) in [5, 5.41) is 17.9. The van der Waals surface area contributed by atoms with E-state index in [-0.39, 0.29) is 12.6 Å². The zero-order chi connectivity index (χ0) is 13.7. The van der Waals surface area contributed by atoms with Crippen molar-refractivity contribution in [2.45, 2.75) is 33.2 Å². The summed E-state index contributed by atoms with van der Waals surface area (Å²) < 4.78 is 0. The number of hydrogen-bond donors (Lipinski definition) is 1. The van der Waals surface area contributed by atoms with Crippen molar-refractivity contribution in [2.75, 3.05) is 11.4 Å². The van der Waals surface area contributed by atoms with E-state index in [2.05, 4.69) is 11.1 Å². The van der Waals surface area contributed by atoms with Crippen molar-refractivity contribution in [1.29, 1.82) is 5.26 Å². The number of carbonyl (C=O) groups is 1. The van der Waals surface area contributed by atoms with Crippen LogP contribution < -0.4 is 4.90 Å². The highest BCUT2D eigenvalue weighted by Gasteiger charge is 2.18. The third-order valence-corrected chi connectivity index (χ3v) is 2.79. The maximum Gasteiger partial charge on any atom is 0.323 e. The van der Waals surface area contributed by atoms with Gasteiger partial charge in [0.1, 0.15) is 12.4 Å². The number of aliphatic carboxylic acids is 1. The Morgan fingerprint density at radius 2 is 2.28 bits per heavy atom. The Labute approximate surface area is 107 Å². The minimum absolute atomic E-state index is 0.0574. The van der Waals surface area contributed by atoms with Gasteiger partial charge in [0, 0.05) is 11.7 Å². The third-order valence-electron chi connectivity index (χ3n) is 2.79. The number of anilines is 1. The number of nitrogens with zero attached hydrogens (tertiary/aromatic N) is 3. The molecule has 0 aromatic carbocycles. The molecule has 1 heterocycles. The fourth-order valence-corrected chi connectivity index (χ4v) is 1.69. The number of aromatic nitrogens is 1. The molecule has 0 aliphatic carbocycles. The van der Waals surface area contributed by atoms with Gasteiger partial charge >= 0.3 is 5.97 Å². The first-order chi connectivity index (χ1) is 8.47. The van der Waals surface area contributed by atoms with Crippen LogP contribution in [0.25, 0.3) is 0 Å². The number of nitriles is 1. The summed E-state index contributed by atoms with van der Waals surface area (Å²) in [5.74, 6) is -0.361. The Morgan fingerprint density at radius 3 is 2.78 bits per heavy atom. The van der Waals surface area contributed by atoms with Gasteiger partial charge in [-0.3, -0.25) is 4.79 Å². The van der Waals surface area contributed by atoms with Crippen molar-refractivity contribution in [3.8, 4) is 6.07 Å². The largest absolute Gasteiger partial charge is 0.480 e. The molecular formula is C13H17N3O2. The molecule has 1 atom stereocenters. The minimum atomic E-state index is -0.905. The maximum absolute atomic E-state index is 10.9. The molecule has 1 aromatic heterocycles. The first-order valence-corrected chi connectivity index (χ1v) is 5.85. The second-order valence-corrected chi connectivity index (χ2v) is 4.25. The highest BCUT2D eigenvalue weighted by Crippen LogP contribution is 2.18. The molecule has 0 amide bonds. The molecule has 1 aromatic rings. The second-order valence-electron chi connectivity index (χ2n) is 4.25. The van der Waals surface area contributed by atoms with E-state index in [1.54, 1.807) is 24.0 Å². The Morgan fingerprint density at radius 1 is 1.61 bits per heavy atom. The number of hydrogen-bond acceptors (Lipinski definition) is 4. The molecule has 96 valence electrons. The Bertz CT molecular complexity index is 480. The average molecular weight is 247 g/mol. The molecule has 0 radical (unpaired) electrons. The molecule has 0 aliphatic heterocycles. The van der Waals surface area contributed by atoms with Crippen LogP contribution >= 0.6 is 0 Å². The average Bonchev–Trinajstić information content (AvgIpc) is 2.33. The van der Waals surface area contributed by atoms with E-state index < -0.39 is 5.97 Å². The molecule has 0 spiro atoms. The minimum Gasteiger partial charge on any atom is -0.480 e. The van der Waals surface area contributed by atoms with E-state index in [0.717, 1.165) is 6.42 Å². The lowest BCUT2D eigenvalue weighted by molar-refractivity contribution is -0.135. The van der Waals surface area contributed by atoms with Crippen LogP contribution in [0.4, 0.5) is 5.82 Å². The lowest BCUT2D eigenvalue weighted by Gasteiger charge is -2.28.